The third kappa shape index (κ3) is 7.74. The smallest absolute Gasteiger partial charge is 0.410 e. The van der Waals surface area contributed by atoms with Gasteiger partial charge in [0.05, 0.1) is 23.9 Å². The van der Waals surface area contributed by atoms with Gasteiger partial charge in [0.15, 0.2) is 6.10 Å². The molecule has 0 bridgehead atoms. The van der Waals surface area contributed by atoms with Crippen LogP contribution in [-0.4, -0.2) is 123 Å². The third-order valence-electron chi connectivity index (χ3n) is 12.0. The lowest BCUT2D eigenvalue weighted by Crippen LogP contribution is -2.52. The number of ether oxygens (including phenoxy) is 1. The number of rotatable bonds is 8. The molecule has 13 nitrogen and oxygen atoms in total. The van der Waals surface area contributed by atoms with Crippen molar-refractivity contribution in [3.05, 3.63) is 59.4 Å². The second kappa shape index (κ2) is 15.5. The van der Waals surface area contributed by atoms with Crippen molar-refractivity contribution >= 4 is 40.7 Å². The molecule has 52 heavy (non-hydrogen) atoms. The fraction of sp³-hybridized carbons (Fsp3) is 0.564. The number of carbonyl (C=O) groups is 4. The highest BCUT2D eigenvalue weighted by Crippen LogP contribution is 2.35. The summed E-state index contributed by atoms with van der Waals surface area (Å²) in [5.74, 6) is -0.358. The Hall–Kier alpha value is -4.65. The zero-order valence-corrected chi connectivity index (χ0v) is 30.3. The van der Waals surface area contributed by atoms with E-state index in [-0.39, 0.29) is 24.5 Å². The number of aliphatic carboxylic acids is 1. The first kappa shape index (κ1) is 35.7. The van der Waals surface area contributed by atoms with Crippen LogP contribution in [0.15, 0.2) is 42.7 Å². The Balaban J connectivity index is 1.00. The van der Waals surface area contributed by atoms with Gasteiger partial charge in [-0.25, -0.2) is 14.6 Å². The molecule has 0 saturated carbocycles. The van der Waals surface area contributed by atoms with Crippen molar-refractivity contribution in [2.45, 2.75) is 76.9 Å². The zero-order valence-electron chi connectivity index (χ0n) is 30.3. The Morgan fingerprint density at radius 2 is 1.60 bits per heavy atom. The van der Waals surface area contributed by atoms with Gasteiger partial charge in [-0.3, -0.25) is 14.5 Å². The van der Waals surface area contributed by atoms with Gasteiger partial charge in [-0.2, -0.15) is 0 Å². The molecule has 278 valence electrons. The number of hydrogen-bond acceptors (Lipinski definition) is 7. The molecular weight excluding hydrogens is 662 g/mol. The Labute approximate surface area is 304 Å². The van der Waals surface area contributed by atoms with E-state index in [0.717, 1.165) is 78.6 Å². The number of aryl methyl sites for hydroxylation is 1. The van der Waals surface area contributed by atoms with Crippen LogP contribution in [0, 0.1) is 18.8 Å². The monoisotopic (exact) mass is 713 g/mol. The summed E-state index contributed by atoms with van der Waals surface area (Å²) in [5.41, 5.74) is 5.61. The average Bonchev–Trinajstić information content (AvgIpc) is 3.57. The normalized spacial score (nSPS) is 21.0. The number of aromatic nitrogens is 2. The van der Waals surface area contributed by atoms with Gasteiger partial charge in [0, 0.05) is 50.4 Å². The van der Waals surface area contributed by atoms with Gasteiger partial charge in [-0.1, -0.05) is 31.2 Å². The number of likely N-dealkylation sites (tertiary alicyclic amines) is 3. The first-order valence-electron chi connectivity index (χ1n) is 18.9. The van der Waals surface area contributed by atoms with E-state index >= 15 is 0 Å². The molecule has 3 saturated heterocycles. The van der Waals surface area contributed by atoms with Gasteiger partial charge in [0.25, 0.3) is 5.91 Å². The van der Waals surface area contributed by atoms with Crippen LogP contribution < -0.4 is 5.32 Å². The number of benzene rings is 2. The van der Waals surface area contributed by atoms with Crippen LogP contribution in [0.5, 0.6) is 0 Å². The van der Waals surface area contributed by atoms with E-state index in [2.05, 4.69) is 15.3 Å². The number of anilines is 1. The van der Waals surface area contributed by atoms with Crippen molar-refractivity contribution in [3.8, 4) is 0 Å². The van der Waals surface area contributed by atoms with E-state index in [1.807, 2.05) is 64.9 Å². The molecule has 5 heterocycles. The molecule has 0 radical (unpaired) electrons. The summed E-state index contributed by atoms with van der Waals surface area (Å²) in [5, 5.41) is 12.2. The Morgan fingerprint density at radius 1 is 0.923 bits per heavy atom. The van der Waals surface area contributed by atoms with Gasteiger partial charge in [0.2, 0.25) is 0 Å². The highest BCUT2D eigenvalue weighted by atomic mass is 16.6. The number of carboxylic acids is 1. The molecule has 3 N–H and O–H groups in total. The number of piperidine rings is 3. The summed E-state index contributed by atoms with van der Waals surface area (Å²) in [4.78, 5) is 67.6. The molecule has 4 aliphatic rings. The maximum atomic E-state index is 14.4. The standard InChI is InChI=1S/C39H51N7O6/c1-25-21-30(22-33-35(25)41-24-40-33)26(2)36(37(49)44-16-9-28(10-17-44)27-7-14-43(15-8-27)23-34(47)48)52-39(51)45-18-12-31(13-19-45)46-20-11-29-5-3-4-6-32(29)42-38(46)50/h3-6,21-22,24,26-28,31,36H,7-20,23H2,1-2H3,(H,40,41)(H,42,50)(H,47,48)/t26-,36?/m1/s1. The van der Waals surface area contributed by atoms with Crippen molar-refractivity contribution in [2.24, 2.45) is 11.8 Å². The highest BCUT2D eigenvalue weighted by Gasteiger charge is 2.39. The van der Waals surface area contributed by atoms with Gasteiger partial charge in [0.1, 0.15) is 0 Å². The summed E-state index contributed by atoms with van der Waals surface area (Å²) in [6.45, 7) is 8.32. The molecule has 4 amide bonds. The van der Waals surface area contributed by atoms with Crippen molar-refractivity contribution in [3.63, 3.8) is 0 Å². The van der Waals surface area contributed by atoms with E-state index in [4.69, 9.17) is 9.84 Å². The minimum absolute atomic E-state index is 0.00368. The van der Waals surface area contributed by atoms with E-state index < -0.39 is 24.1 Å². The van der Waals surface area contributed by atoms with E-state index in [9.17, 15) is 19.2 Å². The molecule has 7 rings (SSSR count). The largest absolute Gasteiger partial charge is 0.480 e. The average molecular weight is 714 g/mol. The molecule has 0 spiro atoms. The van der Waals surface area contributed by atoms with Crippen molar-refractivity contribution in [1.82, 2.24) is 29.6 Å². The van der Waals surface area contributed by atoms with E-state index in [0.29, 0.717) is 57.4 Å². The minimum Gasteiger partial charge on any atom is -0.480 e. The number of carboxylic acid groups (broad SMARTS) is 1. The number of nitrogens with zero attached hydrogens (tertiary/aromatic N) is 5. The second-order valence-corrected chi connectivity index (χ2v) is 15.1. The number of carbonyl (C=O) groups excluding carboxylic acids is 3. The number of fused-ring (bicyclic) bond motifs is 2. The van der Waals surface area contributed by atoms with Crippen LogP contribution >= 0.6 is 0 Å². The number of amides is 4. The SMILES string of the molecule is Cc1cc([C@@H](C)C(OC(=O)N2CCC(N3CCc4ccccc4NC3=O)CC2)C(=O)N2CCC(C3CCN(CC(=O)O)CC3)CC2)cc2nc[nH]c12. The summed E-state index contributed by atoms with van der Waals surface area (Å²) < 4.78 is 6.23. The second-order valence-electron chi connectivity index (χ2n) is 15.1. The maximum Gasteiger partial charge on any atom is 0.410 e. The molecular formula is C39H51N7O6. The number of aromatic amines is 1. The van der Waals surface area contributed by atoms with Crippen LogP contribution in [0.25, 0.3) is 11.0 Å². The lowest BCUT2D eigenvalue weighted by Gasteiger charge is -2.41. The van der Waals surface area contributed by atoms with Crippen LogP contribution in [0.1, 0.15) is 68.1 Å². The quantitative estimate of drug-likeness (QED) is 0.293. The molecule has 3 fully saturated rings. The lowest BCUT2D eigenvalue weighted by molar-refractivity contribution is -0.143. The predicted molar refractivity (Wildman–Crippen MR) is 196 cm³/mol. The van der Waals surface area contributed by atoms with Gasteiger partial charge in [-0.05, 0) is 106 Å². The van der Waals surface area contributed by atoms with Crippen LogP contribution in [-0.2, 0) is 20.7 Å². The summed E-state index contributed by atoms with van der Waals surface area (Å²) in [6.07, 6.45) is 5.89. The molecule has 4 aliphatic heterocycles. The zero-order chi connectivity index (χ0) is 36.4. The molecule has 0 aliphatic carbocycles. The molecule has 2 atom stereocenters. The van der Waals surface area contributed by atoms with Crippen LogP contribution in [0.3, 0.4) is 0 Å². The van der Waals surface area contributed by atoms with Gasteiger partial charge >= 0.3 is 18.1 Å². The molecule has 3 aromatic rings. The number of urea groups is 1. The fourth-order valence-corrected chi connectivity index (χ4v) is 8.88. The summed E-state index contributed by atoms with van der Waals surface area (Å²) in [7, 11) is 0. The van der Waals surface area contributed by atoms with Gasteiger partial charge in [-0.15, -0.1) is 0 Å². The number of H-pyrrole nitrogens is 1. The van der Waals surface area contributed by atoms with E-state index in [1.165, 1.54) is 0 Å². The molecule has 1 aromatic heterocycles. The minimum atomic E-state index is -1.01. The van der Waals surface area contributed by atoms with Crippen molar-refractivity contribution in [1.29, 1.82) is 0 Å². The first-order chi connectivity index (χ1) is 25.1. The summed E-state index contributed by atoms with van der Waals surface area (Å²) in [6, 6.07) is 11.8. The Kier molecular flexibility index (Phi) is 10.7. The summed E-state index contributed by atoms with van der Waals surface area (Å²) >= 11 is 0. The third-order valence-corrected chi connectivity index (χ3v) is 12.0. The first-order valence-corrected chi connectivity index (χ1v) is 18.9. The van der Waals surface area contributed by atoms with Crippen LogP contribution in [0.2, 0.25) is 0 Å². The lowest BCUT2D eigenvalue weighted by atomic mass is 9.78. The molecule has 1 unspecified atom stereocenters. The number of nitrogens with one attached hydrogen (secondary N) is 2. The number of hydrogen-bond donors (Lipinski definition) is 3. The van der Waals surface area contributed by atoms with Gasteiger partial charge < -0.3 is 34.8 Å². The van der Waals surface area contributed by atoms with Crippen LogP contribution in [0.4, 0.5) is 15.3 Å². The Bertz CT molecular complexity index is 1770. The van der Waals surface area contributed by atoms with Crippen molar-refractivity contribution in [2.75, 3.05) is 57.7 Å². The van der Waals surface area contributed by atoms with Crippen molar-refractivity contribution < 1.29 is 29.0 Å². The maximum absolute atomic E-state index is 14.4. The Morgan fingerprint density at radius 3 is 2.31 bits per heavy atom. The molecule has 13 heteroatoms. The topological polar surface area (TPSA) is 151 Å². The highest BCUT2D eigenvalue weighted by molar-refractivity contribution is 5.91. The molecule has 2 aromatic carbocycles. The number of imidazole rings is 1. The van der Waals surface area contributed by atoms with E-state index in [1.54, 1.807) is 11.2 Å². The predicted octanol–water partition coefficient (Wildman–Crippen LogP) is 5.07. The fourth-order valence-electron chi connectivity index (χ4n) is 8.88. The number of para-hydroxylation sites is 1.